The molecule has 2 aliphatic heterocycles. The highest BCUT2D eigenvalue weighted by atomic mass is 127. The van der Waals surface area contributed by atoms with E-state index in [9.17, 15) is 0 Å². The number of hydrogen-bond acceptors (Lipinski definition) is 1. The average Bonchev–Trinajstić information content (AvgIpc) is 2.63. The van der Waals surface area contributed by atoms with Gasteiger partial charge in [0, 0.05) is 23.1 Å². The van der Waals surface area contributed by atoms with Gasteiger partial charge in [0.25, 0.3) is 0 Å². The van der Waals surface area contributed by atoms with Crippen molar-refractivity contribution in [1.82, 2.24) is 4.90 Å². The largest absolute Gasteiger partial charge is 0.293 e. The number of hydrogen-bond donors (Lipinski definition) is 0. The second-order valence-corrected chi connectivity index (χ2v) is 6.42. The highest BCUT2D eigenvalue weighted by Gasteiger charge is 2.39. The number of benzene rings is 1. The summed E-state index contributed by atoms with van der Waals surface area (Å²) in [4.78, 5) is 2.78. The van der Waals surface area contributed by atoms with Gasteiger partial charge in [0.05, 0.1) is 0 Å². The first-order valence-electron chi connectivity index (χ1n) is 6.72. The molecule has 2 aliphatic rings. The number of piperidine rings is 1. The first-order valence-corrected chi connectivity index (χ1v) is 8.25. The van der Waals surface area contributed by atoms with E-state index in [1.54, 1.807) is 0 Å². The summed E-state index contributed by atoms with van der Waals surface area (Å²) in [5.74, 6) is 0.986. The van der Waals surface area contributed by atoms with E-state index in [-0.39, 0.29) is 0 Å². The van der Waals surface area contributed by atoms with Crippen LogP contribution in [0.2, 0.25) is 0 Å². The van der Waals surface area contributed by atoms with Crippen molar-refractivity contribution in [1.29, 1.82) is 0 Å². The topological polar surface area (TPSA) is 3.24 Å². The van der Waals surface area contributed by atoms with Crippen molar-refractivity contribution < 1.29 is 0 Å². The van der Waals surface area contributed by atoms with Crippen LogP contribution < -0.4 is 0 Å². The van der Waals surface area contributed by atoms with Crippen molar-refractivity contribution in [2.24, 2.45) is 5.92 Å². The molecule has 1 unspecified atom stereocenters. The van der Waals surface area contributed by atoms with Gasteiger partial charge in [-0.1, -0.05) is 52.9 Å². The number of rotatable bonds is 3. The average molecular weight is 341 g/mol. The van der Waals surface area contributed by atoms with Crippen molar-refractivity contribution >= 4 is 22.6 Å². The van der Waals surface area contributed by atoms with E-state index in [0.29, 0.717) is 0 Å². The molecular formula is C15H20IN. The van der Waals surface area contributed by atoms with E-state index in [2.05, 4.69) is 57.8 Å². The van der Waals surface area contributed by atoms with Gasteiger partial charge in [-0.05, 0) is 37.2 Å². The molecular weight excluding hydrogens is 321 g/mol. The van der Waals surface area contributed by atoms with Crippen LogP contribution in [0.25, 0.3) is 0 Å². The number of halogens is 1. The molecule has 17 heavy (non-hydrogen) atoms. The van der Waals surface area contributed by atoms with Crippen LogP contribution in [0.3, 0.4) is 0 Å². The number of fused-ring (bicyclic) bond motifs is 2. The van der Waals surface area contributed by atoms with Crippen LogP contribution in [-0.2, 0) is 6.54 Å². The molecule has 1 aromatic rings. The van der Waals surface area contributed by atoms with Crippen molar-refractivity contribution in [3.05, 3.63) is 35.9 Å². The van der Waals surface area contributed by atoms with E-state index >= 15 is 0 Å². The van der Waals surface area contributed by atoms with Crippen LogP contribution in [0.4, 0.5) is 0 Å². The molecule has 0 saturated carbocycles. The Morgan fingerprint density at radius 3 is 2.29 bits per heavy atom. The molecule has 2 fully saturated rings. The van der Waals surface area contributed by atoms with Crippen molar-refractivity contribution in [3.63, 3.8) is 0 Å². The standard InChI is InChI=1S/C15H20IN/c16-10-13-8-14-6-7-15(9-13)17(14)11-12-4-2-1-3-5-12/h1-5,13-15H,6-11H2/t13?,14-,15+. The summed E-state index contributed by atoms with van der Waals surface area (Å²) in [7, 11) is 0. The molecule has 0 spiro atoms. The van der Waals surface area contributed by atoms with Gasteiger partial charge < -0.3 is 0 Å². The summed E-state index contributed by atoms with van der Waals surface area (Å²) in [6, 6.07) is 12.7. The molecule has 2 heteroatoms. The molecule has 1 nitrogen and oxygen atoms in total. The van der Waals surface area contributed by atoms with Crippen LogP contribution >= 0.6 is 22.6 Å². The molecule has 3 rings (SSSR count). The first kappa shape index (κ1) is 12.0. The van der Waals surface area contributed by atoms with Crippen LogP contribution in [-0.4, -0.2) is 21.4 Å². The van der Waals surface area contributed by atoms with Crippen LogP contribution in [0.5, 0.6) is 0 Å². The van der Waals surface area contributed by atoms with Crippen LogP contribution in [0.15, 0.2) is 30.3 Å². The summed E-state index contributed by atoms with van der Waals surface area (Å²) in [5, 5.41) is 0. The Morgan fingerprint density at radius 2 is 1.71 bits per heavy atom. The Labute approximate surface area is 118 Å². The Balaban J connectivity index is 1.69. The molecule has 92 valence electrons. The maximum atomic E-state index is 2.78. The molecule has 0 aromatic heterocycles. The second-order valence-electron chi connectivity index (χ2n) is 5.53. The molecule has 1 aromatic carbocycles. The summed E-state index contributed by atoms with van der Waals surface area (Å²) in [6.07, 6.45) is 5.74. The lowest BCUT2D eigenvalue weighted by Crippen LogP contribution is -2.42. The van der Waals surface area contributed by atoms with E-state index in [4.69, 9.17) is 0 Å². The SMILES string of the molecule is ICC1C[C@H]2CC[C@@H](C1)N2Cc1ccccc1. The summed E-state index contributed by atoms with van der Waals surface area (Å²) < 4.78 is 1.35. The van der Waals surface area contributed by atoms with Gasteiger partial charge >= 0.3 is 0 Å². The summed E-state index contributed by atoms with van der Waals surface area (Å²) >= 11 is 2.57. The predicted octanol–water partition coefficient (Wildman–Crippen LogP) is 3.86. The molecule has 0 N–H and O–H groups in total. The normalized spacial score (nSPS) is 32.9. The smallest absolute Gasteiger partial charge is 0.0239 e. The van der Waals surface area contributed by atoms with Gasteiger partial charge in [-0.3, -0.25) is 4.90 Å². The van der Waals surface area contributed by atoms with Gasteiger partial charge in [0.2, 0.25) is 0 Å². The van der Waals surface area contributed by atoms with E-state index < -0.39 is 0 Å². The van der Waals surface area contributed by atoms with Crippen molar-refractivity contribution in [3.8, 4) is 0 Å². The van der Waals surface area contributed by atoms with Gasteiger partial charge in [0.1, 0.15) is 0 Å². The molecule has 2 saturated heterocycles. The summed E-state index contributed by atoms with van der Waals surface area (Å²) in [6.45, 7) is 1.17. The lowest BCUT2D eigenvalue weighted by atomic mass is 9.92. The first-order chi connectivity index (χ1) is 8.36. The molecule has 0 radical (unpaired) electrons. The molecule has 2 heterocycles. The molecule has 0 aliphatic carbocycles. The van der Waals surface area contributed by atoms with Crippen molar-refractivity contribution in [2.75, 3.05) is 4.43 Å². The molecule has 3 atom stereocenters. The van der Waals surface area contributed by atoms with Gasteiger partial charge in [-0.2, -0.15) is 0 Å². The fourth-order valence-corrected chi connectivity index (χ4v) is 4.28. The van der Waals surface area contributed by atoms with Crippen LogP contribution in [0, 0.1) is 5.92 Å². The highest BCUT2D eigenvalue weighted by molar-refractivity contribution is 14.1. The van der Waals surface area contributed by atoms with E-state index in [1.165, 1.54) is 42.2 Å². The highest BCUT2D eigenvalue weighted by Crippen LogP contribution is 2.40. The predicted molar refractivity (Wildman–Crippen MR) is 80.4 cm³/mol. The van der Waals surface area contributed by atoms with Gasteiger partial charge in [0.15, 0.2) is 0 Å². The monoisotopic (exact) mass is 341 g/mol. The number of alkyl halides is 1. The minimum atomic E-state index is 0.869. The zero-order chi connectivity index (χ0) is 11.7. The Bertz CT molecular complexity index is 350. The lowest BCUT2D eigenvalue weighted by molar-refractivity contribution is 0.105. The van der Waals surface area contributed by atoms with Gasteiger partial charge in [-0.25, -0.2) is 0 Å². The minimum absolute atomic E-state index is 0.869. The fraction of sp³-hybridized carbons (Fsp3) is 0.600. The minimum Gasteiger partial charge on any atom is -0.293 e. The molecule has 2 bridgehead atoms. The Kier molecular flexibility index (Phi) is 3.71. The second kappa shape index (κ2) is 5.27. The third-order valence-corrected chi connectivity index (χ3v) is 5.65. The molecule has 0 amide bonds. The summed E-state index contributed by atoms with van der Waals surface area (Å²) in [5.41, 5.74) is 1.48. The van der Waals surface area contributed by atoms with Crippen molar-refractivity contribution in [2.45, 2.75) is 44.3 Å². The quantitative estimate of drug-likeness (QED) is 0.596. The lowest BCUT2D eigenvalue weighted by Gasteiger charge is -2.38. The Morgan fingerprint density at radius 1 is 1.06 bits per heavy atom. The maximum absolute atomic E-state index is 2.78. The fourth-order valence-electron chi connectivity index (χ4n) is 3.57. The van der Waals surface area contributed by atoms with Crippen LogP contribution in [0.1, 0.15) is 31.2 Å². The van der Waals surface area contributed by atoms with E-state index in [0.717, 1.165) is 18.0 Å². The number of nitrogens with zero attached hydrogens (tertiary/aromatic N) is 1. The maximum Gasteiger partial charge on any atom is 0.0239 e. The van der Waals surface area contributed by atoms with E-state index in [1.807, 2.05) is 0 Å². The third kappa shape index (κ3) is 2.53. The third-order valence-electron chi connectivity index (χ3n) is 4.41. The Hall–Kier alpha value is -0.0900. The van der Waals surface area contributed by atoms with Gasteiger partial charge in [-0.15, -0.1) is 0 Å². The zero-order valence-corrected chi connectivity index (χ0v) is 12.3. The zero-order valence-electron chi connectivity index (χ0n) is 10.2.